The molecule has 1 fully saturated rings. The highest BCUT2D eigenvalue weighted by Crippen LogP contribution is 2.32. The molecule has 2 aliphatic heterocycles. The number of aliphatic hydroxyl groups is 1. The van der Waals surface area contributed by atoms with E-state index in [4.69, 9.17) is 14.7 Å². The zero-order chi connectivity index (χ0) is 21.3. The fraction of sp³-hybridized carbons (Fsp3) is 0.609. The van der Waals surface area contributed by atoms with E-state index in [1.165, 1.54) is 6.42 Å². The molecule has 7 heteroatoms. The molecule has 7 nitrogen and oxygen atoms in total. The molecule has 0 aromatic carbocycles. The van der Waals surface area contributed by atoms with Gasteiger partial charge in [-0.3, -0.25) is 9.69 Å². The predicted molar refractivity (Wildman–Crippen MR) is 119 cm³/mol. The first kappa shape index (κ1) is 22.3. The third kappa shape index (κ3) is 5.59. The number of fused-ring (bicyclic) bond motifs is 1. The van der Waals surface area contributed by atoms with Gasteiger partial charge in [0.05, 0.1) is 18.9 Å². The minimum absolute atomic E-state index is 0.148. The van der Waals surface area contributed by atoms with Crippen LogP contribution in [0.15, 0.2) is 24.0 Å². The number of aliphatic hydroxyl groups excluding tert-OH is 1. The van der Waals surface area contributed by atoms with Crippen molar-refractivity contribution in [2.24, 2.45) is 0 Å². The SMILES string of the molecule is C/C=C\C(O)=C/Cc1nc(N2CCOCC2)nc2c1CCN2C(=O)CCCCCC. The summed E-state index contributed by atoms with van der Waals surface area (Å²) in [5, 5.41) is 10.00. The molecule has 1 aromatic rings. The van der Waals surface area contributed by atoms with E-state index in [0.29, 0.717) is 38.5 Å². The van der Waals surface area contributed by atoms with E-state index in [2.05, 4.69) is 11.8 Å². The molecule has 1 aromatic heterocycles. The van der Waals surface area contributed by atoms with Gasteiger partial charge in [-0.25, -0.2) is 4.98 Å². The molecule has 0 atom stereocenters. The van der Waals surface area contributed by atoms with Crippen LogP contribution in [0.4, 0.5) is 11.8 Å². The van der Waals surface area contributed by atoms with Crippen molar-refractivity contribution in [1.29, 1.82) is 0 Å². The van der Waals surface area contributed by atoms with E-state index in [1.807, 2.05) is 11.8 Å². The van der Waals surface area contributed by atoms with Gasteiger partial charge in [0.2, 0.25) is 11.9 Å². The lowest BCUT2D eigenvalue weighted by Crippen LogP contribution is -2.38. The van der Waals surface area contributed by atoms with Crippen molar-refractivity contribution in [3.63, 3.8) is 0 Å². The van der Waals surface area contributed by atoms with Crippen LogP contribution in [-0.2, 0) is 22.4 Å². The molecule has 1 amide bonds. The van der Waals surface area contributed by atoms with E-state index in [9.17, 15) is 9.90 Å². The van der Waals surface area contributed by atoms with Crippen LogP contribution in [-0.4, -0.2) is 53.8 Å². The van der Waals surface area contributed by atoms with Gasteiger partial charge in [-0.05, 0) is 31.9 Å². The minimum Gasteiger partial charge on any atom is -0.508 e. The van der Waals surface area contributed by atoms with Gasteiger partial charge in [-0.2, -0.15) is 4.98 Å². The first-order valence-electron chi connectivity index (χ1n) is 11.2. The summed E-state index contributed by atoms with van der Waals surface area (Å²) in [5.41, 5.74) is 1.91. The van der Waals surface area contributed by atoms with Gasteiger partial charge < -0.3 is 14.7 Å². The van der Waals surface area contributed by atoms with Gasteiger partial charge in [-0.15, -0.1) is 0 Å². The van der Waals surface area contributed by atoms with Crippen molar-refractivity contribution >= 4 is 17.7 Å². The quantitative estimate of drug-likeness (QED) is 0.377. The number of carbonyl (C=O) groups is 1. The van der Waals surface area contributed by atoms with Crippen LogP contribution in [0.1, 0.15) is 57.2 Å². The van der Waals surface area contributed by atoms with Gasteiger partial charge in [0.25, 0.3) is 0 Å². The standard InChI is InChI=1S/C23H34N4O3/c1-3-5-6-7-9-21(29)27-13-12-19-20(11-10-18(28)8-4-2)24-23(25-22(19)27)26-14-16-30-17-15-26/h4,8,10,28H,3,5-7,9,11-17H2,1-2H3/b8-4-,18-10+. The molecule has 1 saturated heterocycles. The van der Waals surface area contributed by atoms with E-state index in [1.54, 1.807) is 18.2 Å². The number of amides is 1. The lowest BCUT2D eigenvalue weighted by atomic mass is 10.1. The van der Waals surface area contributed by atoms with Crippen molar-refractivity contribution in [1.82, 2.24) is 9.97 Å². The van der Waals surface area contributed by atoms with Crippen LogP contribution in [0.2, 0.25) is 0 Å². The van der Waals surface area contributed by atoms with E-state index in [0.717, 1.165) is 55.8 Å². The van der Waals surface area contributed by atoms with Crippen molar-refractivity contribution in [2.75, 3.05) is 42.6 Å². The number of anilines is 2. The average molecular weight is 415 g/mol. The smallest absolute Gasteiger partial charge is 0.228 e. The zero-order valence-corrected chi connectivity index (χ0v) is 18.3. The molecule has 0 saturated carbocycles. The van der Waals surface area contributed by atoms with Crippen LogP contribution < -0.4 is 9.80 Å². The van der Waals surface area contributed by atoms with Gasteiger partial charge in [0.1, 0.15) is 11.6 Å². The van der Waals surface area contributed by atoms with Crippen molar-refractivity contribution < 1.29 is 14.6 Å². The van der Waals surface area contributed by atoms with E-state index in [-0.39, 0.29) is 11.7 Å². The van der Waals surface area contributed by atoms with Crippen LogP contribution in [0.5, 0.6) is 0 Å². The second kappa shape index (κ2) is 11.1. The maximum atomic E-state index is 12.9. The zero-order valence-electron chi connectivity index (χ0n) is 18.3. The number of aromatic nitrogens is 2. The van der Waals surface area contributed by atoms with Crippen LogP contribution in [0.25, 0.3) is 0 Å². The Morgan fingerprint density at radius 2 is 1.97 bits per heavy atom. The highest BCUT2D eigenvalue weighted by molar-refractivity contribution is 5.94. The van der Waals surface area contributed by atoms with Gasteiger partial charge in [-0.1, -0.05) is 32.3 Å². The maximum absolute atomic E-state index is 12.9. The molecular weight excluding hydrogens is 380 g/mol. The van der Waals surface area contributed by atoms with E-state index < -0.39 is 0 Å². The number of nitrogens with zero attached hydrogens (tertiary/aromatic N) is 4. The van der Waals surface area contributed by atoms with Crippen molar-refractivity contribution in [3.8, 4) is 0 Å². The second-order valence-corrected chi connectivity index (χ2v) is 7.81. The summed E-state index contributed by atoms with van der Waals surface area (Å²) in [4.78, 5) is 26.5. The van der Waals surface area contributed by atoms with Crippen molar-refractivity contribution in [3.05, 3.63) is 35.2 Å². The molecule has 164 valence electrons. The molecule has 0 bridgehead atoms. The molecular formula is C23H34N4O3. The summed E-state index contributed by atoms with van der Waals surface area (Å²) in [6, 6.07) is 0. The lowest BCUT2D eigenvalue weighted by Gasteiger charge is -2.28. The van der Waals surface area contributed by atoms with Gasteiger partial charge in [0.15, 0.2) is 0 Å². The topological polar surface area (TPSA) is 78.8 Å². The summed E-state index contributed by atoms with van der Waals surface area (Å²) in [6.45, 7) is 7.47. The summed E-state index contributed by atoms with van der Waals surface area (Å²) in [5.74, 6) is 1.77. The highest BCUT2D eigenvalue weighted by Gasteiger charge is 2.30. The minimum atomic E-state index is 0.148. The Hall–Kier alpha value is -2.41. The summed E-state index contributed by atoms with van der Waals surface area (Å²) >= 11 is 0. The number of morpholine rings is 1. The number of ether oxygens (including phenoxy) is 1. The van der Waals surface area contributed by atoms with E-state index >= 15 is 0 Å². The molecule has 30 heavy (non-hydrogen) atoms. The lowest BCUT2D eigenvalue weighted by molar-refractivity contribution is -0.118. The molecule has 0 unspecified atom stereocenters. The fourth-order valence-electron chi connectivity index (χ4n) is 3.91. The van der Waals surface area contributed by atoms with Gasteiger partial charge >= 0.3 is 0 Å². The maximum Gasteiger partial charge on any atom is 0.228 e. The molecule has 3 heterocycles. The Kier molecular flexibility index (Phi) is 8.25. The summed E-state index contributed by atoms with van der Waals surface area (Å²) in [7, 11) is 0. The number of allylic oxidation sites excluding steroid dienone is 3. The largest absolute Gasteiger partial charge is 0.508 e. The summed E-state index contributed by atoms with van der Waals surface area (Å²) < 4.78 is 5.46. The molecule has 0 radical (unpaired) electrons. The Balaban J connectivity index is 1.85. The molecule has 1 N–H and O–H groups in total. The van der Waals surface area contributed by atoms with Crippen molar-refractivity contribution in [2.45, 2.75) is 58.8 Å². The first-order valence-corrected chi connectivity index (χ1v) is 11.2. The van der Waals surface area contributed by atoms with Crippen LogP contribution in [0.3, 0.4) is 0 Å². The number of hydrogen-bond acceptors (Lipinski definition) is 6. The van der Waals surface area contributed by atoms with Crippen LogP contribution >= 0.6 is 0 Å². The number of carbonyl (C=O) groups excluding carboxylic acids is 1. The second-order valence-electron chi connectivity index (χ2n) is 7.81. The van der Waals surface area contributed by atoms with Gasteiger partial charge in [0, 0.05) is 38.0 Å². The Bertz CT molecular complexity index is 785. The molecule has 0 spiro atoms. The highest BCUT2D eigenvalue weighted by atomic mass is 16.5. The monoisotopic (exact) mass is 414 g/mol. The predicted octanol–water partition coefficient (Wildman–Crippen LogP) is 3.73. The summed E-state index contributed by atoms with van der Waals surface area (Å²) in [6.07, 6.45) is 11.4. The molecule has 3 rings (SSSR count). The third-order valence-corrected chi connectivity index (χ3v) is 5.58. The normalized spacial score (nSPS) is 17.1. The first-order chi connectivity index (χ1) is 14.6. The molecule has 0 aliphatic carbocycles. The number of rotatable bonds is 9. The third-order valence-electron chi connectivity index (χ3n) is 5.58. The van der Waals surface area contributed by atoms with Crippen LogP contribution in [0, 0.1) is 0 Å². The number of hydrogen-bond donors (Lipinski definition) is 1. The Labute approximate surface area is 179 Å². The average Bonchev–Trinajstić information content (AvgIpc) is 3.20. The fourth-order valence-corrected chi connectivity index (χ4v) is 3.91. The molecule has 2 aliphatic rings. The number of unbranched alkanes of at least 4 members (excludes halogenated alkanes) is 3. The Morgan fingerprint density at radius 3 is 2.70 bits per heavy atom. The Morgan fingerprint density at radius 1 is 1.17 bits per heavy atom.